The molecule has 0 amide bonds. The summed E-state index contributed by atoms with van der Waals surface area (Å²) in [7, 11) is 0. The number of hydrogen-bond donors (Lipinski definition) is 1. The van der Waals surface area contributed by atoms with Gasteiger partial charge in [-0.25, -0.2) is 0 Å². The van der Waals surface area contributed by atoms with Gasteiger partial charge in [0.2, 0.25) is 0 Å². The van der Waals surface area contributed by atoms with E-state index >= 15 is 0 Å². The Kier molecular flexibility index (Phi) is 3.49. The molecule has 0 unspecified atom stereocenters. The van der Waals surface area contributed by atoms with Gasteiger partial charge in [0.05, 0.1) is 0 Å². The number of hydrogen-bond acceptors (Lipinski definition) is 1. The summed E-state index contributed by atoms with van der Waals surface area (Å²) in [6, 6.07) is 6.91. The van der Waals surface area contributed by atoms with Crippen molar-refractivity contribution in [2.24, 2.45) is 5.73 Å². The van der Waals surface area contributed by atoms with Crippen LogP contribution in [0, 0.1) is 13.8 Å². The van der Waals surface area contributed by atoms with Gasteiger partial charge in [0.1, 0.15) is 0 Å². The lowest BCUT2D eigenvalue weighted by atomic mass is 10.00. The predicted octanol–water partition coefficient (Wildman–Crippen LogP) is 2.58. The van der Waals surface area contributed by atoms with Crippen molar-refractivity contribution in [3.05, 3.63) is 34.9 Å². The Bertz CT molecular complexity index is 276. The molecule has 0 fully saturated rings. The average Bonchev–Trinajstić information content (AvgIpc) is 2.06. The van der Waals surface area contributed by atoms with E-state index in [9.17, 15) is 0 Å². The van der Waals surface area contributed by atoms with E-state index in [2.05, 4.69) is 39.0 Å². The van der Waals surface area contributed by atoms with Gasteiger partial charge in [-0.3, -0.25) is 0 Å². The maximum Gasteiger partial charge on any atom is 0.00136 e. The Morgan fingerprint density at radius 3 is 2.62 bits per heavy atom. The molecule has 0 aliphatic carbocycles. The maximum atomic E-state index is 5.73. The Labute approximate surface area is 81.0 Å². The molecule has 72 valence electrons. The van der Waals surface area contributed by atoms with Crippen molar-refractivity contribution in [1.82, 2.24) is 0 Å². The molecule has 0 bridgehead atoms. The summed E-state index contributed by atoms with van der Waals surface area (Å²) in [6.07, 6.45) is 2.18. The molecular weight excluding hydrogens is 158 g/mol. The van der Waals surface area contributed by atoms with Gasteiger partial charge in [0, 0.05) is 6.04 Å². The Morgan fingerprint density at radius 1 is 1.31 bits per heavy atom. The summed E-state index contributed by atoms with van der Waals surface area (Å²) in [6.45, 7) is 6.36. The SMILES string of the molecule is Cc1ccc(C)c(CC[C@@H](C)N)c1. The van der Waals surface area contributed by atoms with Gasteiger partial charge in [-0.15, -0.1) is 0 Å². The van der Waals surface area contributed by atoms with E-state index in [4.69, 9.17) is 5.73 Å². The van der Waals surface area contributed by atoms with E-state index in [-0.39, 0.29) is 0 Å². The molecule has 13 heavy (non-hydrogen) atoms. The Balaban J connectivity index is 2.70. The van der Waals surface area contributed by atoms with Crippen molar-refractivity contribution in [2.45, 2.75) is 39.7 Å². The molecule has 0 aliphatic heterocycles. The van der Waals surface area contributed by atoms with Crippen molar-refractivity contribution < 1.29 is 0 Å². The number of nitrogens with two attached hydrogens (primary N) is 1. The Morgan fingerprint density at radius 2 is 2.00 bits per heavy atom. The molecule has 0 heterocycles. The molecule has 1 rings (SSSR count). The lowest BCUT2D eigenvalue weighted by Gasteiger charge is -2.08. The lowest BCUT2D eigenvalue weighted by molar-refractivity contribution is 0.664. The predicted molar refractivity (Wildman–Crippen MR) is 57.9 cm³/mol. The first-order valence-corrected chi connectivity index (χ1v) is 4.91. The molecule has 0 spiro atoms. The first-order valence-electron chi connectivity index (χ1n) is 4.91. The standard InChI is InChI=1S/C12H19N/c1-9-4-5-10(2)12(8-9)7-6-11(3)13/h4-5,8,11H,6-7,13H2,1-3H3/t11-/m1/s1. The minimum atomic E-state index is 0.305. The molecule has 0 saturated heterocycles. The van der Waals surface area contributed by atoms with Gasteiger partial charge in [-0.1, -0.05) is 23.8 Å². The van der Waals surface area contributed by atoms with Crippen LogP contribution in [0.3, 0.4) is 0 Å². The van der Waals surface area contributed by atoms with E-state index < -0.39 is 0 Å². The second kappa shape index (κ2) is 4.43. The number of benzene rings is 1. The minimum Gasteiger partial charge on any atom is -0.328 e. The monoisotopic (exact) mass is 177 g/mol. The second-order valence-corrected chi connectivity index (χ2v) is 3.95. The molecule has 2 N–H and O–H groups in total. The summed E-state index contributed by atoms with van der Waals surface area (Å²) < 4.78 is 0. The van der Waals surface area contributed by atoms with Gasteiger partial charge in [0.25, 0.3) is 0 Å². The summed E-state index contributed by atoms with van der Waals surface area (Å²) >= 11 is 0. The molecular formula is C12H19N. The van der Waals surface area contributed by atoms with Crippen LogP contribution >= 0.6 is 0 Å². The largest absolute Gasteiger partial charge is 0.328 e. The third-order valence-electron chi connectivity index (χ3n) is 2.37. The normalized spacial score (nSPS) is 12.9. The van der Waals surface area contributed by atoms with Crippen molar-refractivity contribution in [3.8, 4) is 0 Å². The zero-order valence-corrected chi connectivity index (χ0v) is 8.80. The molecule has 1 aromatic rings. The quantitative estimate of drug-likeness (QED) is 0.754. The van der Waals surface area contributed by atoms with Crippen molar-refractivity contribution in [1.29, 1.82) is 0 Å². The maximum absolute atomic E-state index is 5.73. The summed E-state index contributed by atoms with van der Waals surface area (Å²) in [4.78, 5) is 0. The van der Waals surface area contributed by atoms with Crippen LogP contribution < -0.4 is 5.73 Å². The summed E-state index contributed by atoms with van der Waals surface area (Å²) in [5, 5.41) is 0. The number of rotatable bonds is 3. The smallest absolute Gasteiger partial charge is 0.00136 e. The van der Waals surface area contributed by atoms with Crippen LogP contribution in [-0.2, 0) is 6.42 Å². The van der Waals surface area contributed by atoms with E-state index in [0.717, 1.165) is 12.8 Å². The highest BCUT2D eigenvalue weighted by Gasteiger charge is 2.00. The van der Waals surface area contributed by atoms with Crippen LogP contribution in [0.5, 0.6) is 0 Å². The van der Waals surface area contributed by atoms with Crippen LogP contribution in [-0.4, -0.2) is 6.04 Å². The minimum absolute atomic E-state index is 0.305. The molecule has 0 saturated carbocycles. The van der Waals surface area contributed by atoms with Crippen LogP contribution in [0.25, 0.3) is 0 Å². The highest BCUT2D eigenvalue weighted by Crippen LogP contribution is 2.13. The van der Waals surface area contributed by atoms with Crippen LogP contribution in [0.15, 0.2) is 18.2 Å². The lowest BCUT2D eigenvalue weighted by Crippen LogP contribution is -2.15. The molecule has 0 aromatic heterocycles. The van der Waals surface area contributed by atoms with Crippen molar-refractivity contribution in [2.75, 3.05) is 0 Å². The molecule has 1 aromatic carbocycles. The molecule has 0 radical (unpaired) electrons. The van der Waals surface area contributed by atoms with Crippen molar-refractivity contribution in [3.63, 3.8) is 0 Å². The van der Waals surface area contributed by atoms with E-state index in [1.54, 1.807) is 0 Å². The van der Waals surface area contributed by atoms with E-state index in [0.29, 0.717) is 6.04 Å². The zero-order valence-electron chi connectivity index (χ0n) is 8.80. The Hall–Kier alpha value is -0.820. The van der Waals surface area contributed by atoms with Gasteiger partial charge in [-0.05, 0) is 44.7 Å². The summed E-state index contributed by atoms with van der Waals surface area (Å²) in [5.74, 6) is 0. The second-order valence-electron chi connectivity index (χ2n) is 3.95. The van der Waals surface area contributed by atoms with Crippen LogP contribution in [0.4, 0.5) is 0 Å². The fraction of sp³-hybridized carbons (Fsp3) is 0.500. The van der Waals surface area contributed by atoms with Gasteiger partial charge in [0.15, 0.2) is 0 Å². The van der Waals surface area contributed by atoms with Crippen molar-refractivity contribution >= 4 is 0 Å². The third kappa shape index (κ3) is 3.19. The first-order chi connectivity index (χ1) is 6.09. The average molecular weight is 177 g/mol. The van der Waals surface area contributed by atoms with Gasteiger partial charge >= 0.3 is 0 Å². The first kappa shape index (κ1) is 10.3. The molecule has 1 atom stereocenters. The van der Waals surface area contributed by atoms with Crippen LogP contribution in [0.2, 0.25) is 0 Å². The molecule has 1 heteroatoms. The highest BCUT2D eigenvalue weighted by atomic mass is 14.6. The fourth-order valence-corrected chi connectivity index (χ4v) is 1.45. The summed E-state index contributed by atoms with van der Waals surface area (Å²) in [5.41, 5.74) is 9.89. The van der Waals surface area contributed by atoms with E-state index in [1.807, 2.05) is 0 Å². The highest BCUT2D eigenvalue weighted by molar-refractivity contribution is 5.30. The fourth-order valence-electron chi connectivity index (χ4n) is 1.45. The third-order valence-corrected chi connectivity index (χ3v) is 2.37. The van der Waals surface area contributed by atoms with Gasteiger partial charge in [-0.2, -0.15) is 0 Å². The van der Waals surface area contributed by atoms with E-state index in [1.165, 1.54) is 16.7 Å². The topological polar surface area (TPSA) is 26.0 Å². The molecule has 1 nitrogen and oxygen atoms in total. The molecule has 0 aliphatic rings. The van der Waals surface area contributed by atoms with Crippen LogP contribution in [0.1, 0.15) is 30.0 Å². The van der Waals surface area contributed by atoms with Gasteiger partial charge < -0.3 is 5.73 Å². The number of aryl methyl sites for hydroxylation is 3. The zero-order chi connectivity index (χ0) is 9.84.